The second kappa shape index (κ2) is 6.63. The number of hydrogen-bond donors (Lipinski definition) is 0. The van der Waals surface area contributed by atoms with Gasteiger partial charge >= 0.3 is 5.97 Å². The van der Waals surface area contributed by atoms with E-state index in [4.69, 9.17) is 4.74 Å². The number of ether oxygens (including phenoxy) is 1. The van der Waals surface area contributed by atoms with Crippen molar-refractivity contribution in [1.29, 1.82) is 0 Å². The molecule has 0 spiro atoms. The van der Waals surface area contributed by atoms with Gasteiger partial charge in [-0.15, -0.1) is 0 Å². The van der Waals surface area contributed by atoms with Gasteiger partial charge in [0, 0.05) is 18.8 Å². The largest absolute Gasteiger partial charge is 0.421 e. The highest BCUT2D eigenvalue weighted by Crippen LogP contribution is 2.22. The predicted octanol–water partition coefficient (Wildman–Crippen LogP) is 3.29. The van der Waals surface area contributed by atoms with Crippen LogP contribution in [0, 0.1) is 0 Å². The van der Waals surface area contributed by atoms with Gasteiger partial charge in [-0.2, -0.15) is 0 Å². The molecule has 4 nitrogen and oxygen atoms in total. The molecule has 0 saturated heterocycles. The standard InChI is InChI=1S/C18H14N2O2/c21-18(16-13-19-10-11-20-16)22-17-9-5-4-8-15(17)12-14-6-2-1-3-7-14/h1-11,13H,12H2. The summed E-state index contributed by atoms with van der Waals surface area (Å²) in [5.41, 5.74) is 2.30. The van der Waals surface area contributed by atoms with Gasteiger partial charge in [-0.05, 0) is 17.2 Å². The summed E-state index contributed by atoms with van der Waals surface area (Å²) in [6.07, 6.45) is 5.07. The molecule has 2 aromatic carbocycles. The molecular formula is C18H14N2O2. The Kier molecular flexibility index (Phi) is 4.20. The molecule has 0 aliphatic carbocycles. The monoisotopic (exact) mass is 290 g/mol. The van der Waals surface area contributed by atoms with Crippen molar-refractivity contribution >= 4 is 5.97 Å². The van der Waals surface area contributed by atoms with Crippen molar-refractivity contribution in [3.8, 4) is 5.75 Å². The number of esters is 1. The minimum absolute atomic E-state index is 0.192. The van der Waals surface area contributed by atoms with Crippen LogP contribution in [0.1, 0.15) is 21.6 Å². The first-order valence-corrected chi connectivity index (χ1v) is 6.93. The van der Waals surface area contributed by atoms with Crippen LogP contribution in [0.2, 0.25) is 0 Å². The smallest absolute Gasteiger partial charge is 0.363 e. The van der Waals surface area contributed by atoms with E-state index in [2.05, 4.69) is 9.97 Å². The maximum absolute atomic E-state index is 12.1. The topological polar surface area (TPSA) is 52.1 Å². The molecule has 0 radical (unpaired) electrons. The van der Waals surface area contributed by atoms with Crippen LogP contribution in [0.5, 0.6) is 5.75 Å². The molecule has 0 N–H and O–H groups in total. The Balaban J connectivity index is 1.81. The molecule has 22 heavy (non-hydrogen) atoms. The Morgan fingerprint density at radius 2 is 1.73 bits per heavy atom. The first-order valence-electron chi connectivity index (χ1n) is 6.93. The van der Waals surface area contributed by atoms with E-state index in [9.17, 15) is 4.79 Å². The van der Waals surface area contributed by atoms with E-state index in [1.807, 2.05) is 48.5 Å². The number of rotatable bonds is 4. The Bertz CT molecular complexity index is 758. The number of nitrogens with zero attached hydrogens (tertiary/aromatic N) is 2. The fourth-order valence-electron chi connectivity index (χ4n) is 2.12. The van der Waals surface area contributed by atoms with Crippen molar-refractivity contribution in [3.63, 3.8) is 0 Å². The fraction of sp³-hybridized carbons (Fsp3) is 0.0556. The minimum atomic E-state index is -0.506. The number of hydrogen-bond acceptors (Lipinski definition) is 4. The molecule has 108 valence electrons. The number of carbonyl (C=O) groups is 1. The van der Waals surface area contributed by atoms with Crippen LogP contribution < -0.4 is 4.74 Å². The Morgan fingerprint density at radius 1 is 0.955 bits per heavy atom. The average Bonchev–Trinajstić information content (AvgIpc) is 2.58. The molecule has 0 aliphatic rings. The highest BCUT2D eigenvalue weighted by Gasteiger charge is 2.12. The van der Waals surface area contributed by atoms with Gasteiger partial charge in [0.1, 0.15) is 5.75 Å². The fourth-order valence-corrected chi connectivity index (χ4v) is 2.12. The summed E-state index contributed by atoms with van der Waals surface area (Å²) in [5, 5.41) is 0. The maximum atomic E-state index is 12.1. The lowest BCUT2D eigenvalue weighted by Crippen LogP contribution is -2.12. The van der Waals surface area contributed by atoms with Crippen LogP contribution in [0.25, 0.3) is 0 Å². The molecule has 0 aliphatic heterocycles. The lowest BCUT2D eigenvalue weighted by atomic mass is 10.0. The molecule has 0 fully saturated rings. The summed E-state index contributed by atoms with van der Waals surface area (Å²) < 4.78 is 5.46. The van der Waals surface area contributed by atoms with Crippen molar-refractivity contribution in [2.45, 2.75) is 6.42 Å². The summed E-state index contributed by atoms with van der Waals surface area (Å²) in [5.74, 6) is 0.0376. The van der Waals surface area contributed by atoms with Crippen molar-refractivity contribution in [2.75, 3.05) is 0 Å². The number of carbonyl (C=O) groups excluding carboxylic acids is 1. The van der Waals surface area contributed by atoms with E-state index in [0.29, 0.717) is 12.2 Å². The third kappa shape index (κ3) is 3.35. The van der Waals surface area contributed by atoms with Gasteiger partial charge in [0.2, 0.25) is 0 Å². The van der Waals surface area contributed by atoms with Gasteiger partial charge in [-0.3, -0.25) is 4.98 Å². The lowest BCUT2D eigenvalue weighted by Gasteiger charge is -2.09. The quantitative estimate of drug-likeness (QED) is 0.546. The van der Waals surface area contributed by atoms with E-state index in [1.54, 1.807) is 6.07 Å². The average molecular weight is 290 g/mol. The Labute approximate surface area is 128 Å². The molecule has 1 aromatic heterocycles. The zero-order valence-electron chi connectivity index (χ0n) is 11.8. The lowest BCUT2D eigenvalue weighted by molar-refractivity contribution is 0.0726. The van der Waals surface area contributed by atoms with Crippen LogP contribution in [-0.2, 0) is 6.42 Å². The van der Waals surface area contributed by atoms with E-state index >= 15 is 0 Å². The van der Waals surface area contributed by atoms with Crippen molar-refractivity contribution in [1.82, 2.24) is 9.97 Å². The summed E-state index contributed by atoms with van der Waals surface area (Å²) in [7, 11) is 0. The Morgan fingerprint density at radius 3 is 2.50 bits per heavy atom. The van der Waals surface area contributed by atoms with Gasteiger partial charge in [0.25, 0.3) is 0 Å². The SMILES string of the molecule is O=C(Oc1ccccc1Cc1ccccc1)c1cnccn1. The highest BCUT2D eigenvalue weighted by atomic mass is 16.5. The molecule has 0 saturated carbocycles. The van der Waals surface area contributed by atoms with Gasteiger partial charge in [0.05, 0.1) is 6.20 Å². The summed E-state index contributed by atoms with van der Waals surface area (Å²) in [4.78, 5) is 19.9. The zero-order valence-corrected chi connectivity index (χ0v) is 11.8. The van der Waals surface area contributed by atoms with Gasteiger partial charge in [-0.1, -0.05) is 48.5 Å². The highest BCUT2D eigenvalue weighted by molar-refractivity contribution is 5.88. The molecule has 0 unspecified atom stereocenters. The molecule has 3 rings (SSSR count). The molecule has 1 heterocycles. The first kappa shape index (κ1) is 13.9. The van der Waals surface area contributed by atoms with Crippen LogP contribution >= 0.6 is 0 Å². The van der Waals surface area contributed by atoms with Gasteiger partial charge < -0.3 is 4.74 Å². The molecule has 3 aromatic rings. The molecular weight excluding hydrogens is 276 g/mol. The number of aromatic nitrogens is 2. The van der Waals surface area contributed by atoms with Crippen molar-refractivity contribution in [2.24, 2.45) is 0 Å². The second-order valence-corrected chi connectivity index (χ2v) is 4.75. The molecule has 0 bridgehead atoms. The molecule has 0 atom stereocenters. The first-order chi connectivity index (χ1) is 10.8. The van der Waals surface area contributed by atoms with Gasteiger partial charge in [-0.25, -0.2) is 9.78 Å². The van der Waals surface area contributed by atoms with E-state index < -0.39 is 5.97 Å². The van der Waals surface area contributed by atoms with Crippen molar-refractivity contribution in [3.05, 3.63) is 90.0 Å². The summed E-state index contributed by atoms with van der Waals surface area (Å²) >= 11 is 0. The minimum Gasteiger partial charge on any atom is -0.421 e. The van der Waals surface area contributed by atoms with E-state index in [-0.39, 0.29) is 5.69 Å². The van der Waals surface area contributed by atoms with Crippen LogP contribution in [-0.4, -0.2) is 15.9 Å². The third-order valence-corrected chi connectivity index (χ3v) is 3.18. The van der Waals surface area contributed by atoms with Crippen molar-refractivity contribution < 1.29 is 9.53 Å². The number of benzene rings is 2. The zero-order chi connectivity index (χ0) is 15.2. The summed E-state index contributed by atoms with van der Waals surface area (Å²) in [6.45, 7) is 0. The van der Waals surface area contributed by atoms with E-state index in [0.717, 1.165) is 11.1 Å². The summed E-state index contributed by atoms with van der Waals surface area (Å²) in [6, 6.07) is 17.5. The molecule has 0 amide bonds. The van der Waals surface area contributed by atoms with Crippen LogP contribution in [0.4, 0.5) is 0 Å². The predicted molar refractivity (Wildman–Crippen MR) is 82.7 cm³/mol. The van der Waals surface area contributed by atoms with Gasteiger partial charge in [0.15, 0.2) is 5.69 Å². The van der Waals surface area contributed by atoms with Crippen LogP contribution in [0.15, 0.2) is 73.2 Å². The number of para-hydroxylation sites is 1. The second-order valence-electron chi connectivity index (χ2n) is 4.75. The third-order valence-electron chi connectivity index (χ3n) is 3.18. The Hall–Kier alpha value is -3.01. The van der Waals surface area contributed by atoms with Crippen LogP contribution in [0.3, 0.4) is 0 Å². The molecule has 4 heteroatoms. The normalized spacial score (nSPS) is 10.2. The van der Waals surface area contributed by atoms with E-state index in [1.165, 1.54) is 18.6 Å². The maximum Gasteiger partial charge on any atom is 0.363 e.